The summed E-state index contributed by atoms with van der Waals surface area (Å²) in [6.07, 6.45) is -0.119. The summed E-state index contributed by atoms with van der Waals surface area (Å²) in [5.74, 6) is -2.21. The second-order valence-corrected chi connectivity index (χ2v) is 15.1. The van der Waals surface area contributed by atoms with Crippen molar-refractivity contribution in [2.75, 3.05) is 102 Å². The molecule has 4 aromatic rings. The molecule has 0 radical (unpaired) electrons. The topological polar surface area (TPSA) is 118 Å². The van der Waals surface area contributed by atoms with Crippen molar-refractivity contribution in [2.24, 2.45) is 5.41 Å². The van der Waals surface area contributed by atoms with Crippen LogP contribution < -0.4 is 19.6 Å². The van der Waals surface area contributed by atoms with E-state index in [2.05, 4.69) is 0 Å². The van der Waals surface area contributed by atoms with Gasteiger partial charge in [-0.25, -0.2) is 0 Å². The van der Waals surface area contributed by atoms with Crippen molar-refractivity contribution < 1.29 is 38.1 Å². The summed E-state index contributed by atoms with van der Waals surface area (Å²) >= 11 is 0. The van der Waals surface area contributed by atoms with Crippen LogP contribution in [-0.4, -0.2) is 107 Å². The molecule has 0 aliphatic carbocycles. The largest absolute Gasteiger partial charge is 0.464 e. The van der Waals surface area contributed by atoms with E-state index in [1.165, 1.54) is 0 Å². The highest BCUT2D eigenvalue weighted by Crippen LogP contribution is 2.24. The summed E-state index contributed by atoms with van der Waals surface area (Å²) < 4.78 is 23.2. The molecule has 12 heteroatoms. The zero-order valence-corrected chi connectivity index (χ0v) is 34.4. The van der Waals surface area contributed by atoms with Crippen LogP contribution in [0.1, 0.15) is 22.3 Å². The van der Waals surface area contributed by atoms with Gasteiger partial charge in [-0.15, -0.1) is 0 Å². The fourth-order valence-corrected chi connectivity index (χ4v) is 5.70. The SMILES string of the molecule is CN(C)c1ccc(CC(=O)OCC(COC(=O)Cc2ccc(N(C)C)cc2)(COC(=O)Cc2ccc(N(C)C)cc2)COC(=O)Cc2ccc(N(C)C)cc2)cc1. The van der Waals surface area contributed by atoms with Crippen molar-refractivity contribution in [3.05, 3.63) is 119 Å². The molecule has 12 nitrogen and oxygen atoms in total. The van der Waals surface area contributed by atoms with Crippen LogP contribution in [0.4, 0.5) is 22.7 Å². The number of hydrogen-bond acceptors (Lipinski definition) is 12. The second kappa shape index (κ2) is 20.8. The Morgan fingerprint density at radius 1 is 0.351 bits per heavy atom. The van der Waals surface area contributed by atoms with E-state index in [0.717, 1.165) is 45.0 Å². The highest BCUT2D eigenvalue weighted by molar-refractivity contribution is 5.75. The van der Waals surface area contributed by atoms with Gasteiger partial charge in [-0.05, 0) is 70.8 Å². The Morgan fingerprint density at radius 2 is 0.526 bits per heavy atom. The van der Waals surface area contributed by atoms with E-state index < -0.39 is 29.3 Å². The lowest BCUT2D eigenvalue weighted by atomic mass is 9.92. The summed E-state index contributed by atoms with van der Waals surface area (Å²) in [4.78, 5) is 60.9. The lowest BCUT2D eigenvalue weighted by Gasteiger charge is -2.31. The molecular formula is C45H56N4O8. The van der Waals surface area contributed by atoms with Gasteiger partial charge in [0.25, 0.3) is 0 Å². The average Bonchev–Trinajstić information content (AvgIpc) is 3.18. The third kappa shape index (κ3) is 14.2. The van der Waals surface area contributed by atoms with E-state index in [1.54, 1.807) is 0 Å². The molecule has 0 aliphatic rings. The zero-order valence-electron chi connectivity index (χ0n) is 34.4. The molecule has 0 bridgehead atoms. The number of esters is 4. The minimum absolute atomic E-state index is 0.0298. The van der Waals surface area contributed by atoms with Gasteiger partial charge in [0.15, 0.2) is 0 Å². The van der Waals surface area contributed by atoms with Crippen molar-refractivity contribution in [1.29, 1.82) is 0 Å². The van der Waals surface area contributed by atoms with Crippen molar-refractivity contribution in [2.45, 2.75) is 25.7 Å². The first-order valence-electron chi connectivity index (χ1n) is 18.8. The Hall–Kier alpha value is -6.04. The minimum Gasteiger partial charge on any atom is -0.464 e. The number of carbonyl (C=O) groups excluding carboxylic acids is 4. The van der Waals surface area contributed by atoms with Crippen LogP contribution >= 0.6 is 0 Å². The van der Waals surface area contributed by atoms with E-state index in [9.17, 15) is 19.2 Å². The summed E-state index contributed by atoms with van der Waals surface area (Å²) in [5.41, 5.74) is 5.44. The molecule has 0 aliphatic heterocycles. The summed E-state index contributed by atoms with van der Waals surface area (Å²) in [6, 6.07) is 30.0. The molecule has 0 spiro atoms. The predicted molar refractivity (Wildman–Crippen MR) is 224 cm³/mol. The van der Waals surface area contributed by atoms with E-state index >= 15 is 0 Å². The molecule has 0 saturated carbocycles. The van der Waals surface area contributed by atoms with Crippen LogP contribution in [0.25, 0.3) is 0 Å². The molecule has 57 heavy (non-hydrogen) atoms. The van der Waals surface area contributed by atoms with Gasteiger partial charge in [0, 0.05) is 79.1 Å². The van der Waals surface area contributed by atoms with Gasteiger partial charge in [-0.3, -0.25) is 19.2 Å². The van der Waals surface area contributed by atoms with Gasteiger partial charge in [-0.2, -0.15) is 0 Å². The Labute approximate surface area is 336 Å². The second-order valence-electron chi connectivity index (χ2n) is 15.1. The van der Waals surface area contributed by atoms with Crippen LogP contribution in [0.2, 0.25) is 0 Å². The van der Waals surface area contributed by atoms with Crippen molar-refractivity contribution in [3.63, 3.8) is 0 Å². The number of nitrogens with zero attached hydrogens (tertiary/aromatic N) is 4. The molecule has 0 N–H and O–H groups in total. The number of ether oxygens (including phenoxy) is 4. The number of anilines is 4. The maximum atomic E-state index is 13.3. The normalized spacial score (nSPS) is 10.9. The van der Waals surface area contributed by atoms with Crippen LogP contribution in [-0.2, 0) is 63.8 Å². The Balaban J connectivity index is 1.55. The average molecular weight is 781 g/mol. The quantitative estimate of drug-likeness (QED) is 0.0847. The Kier molecular flexibility index (Phi) is 15.9. The molecule has 0 atom stereocenters. The number of carbonyl (C=O) groups is 4. The third-order valence-electron chi connectivity index (χ3n) is 9.36. The summed E-state index contributed by atoms with van der Waals surface area (Å²) in [5, 5.41) is 0. The molecule has 4 rings (SSSR count). The zero-order chi connectivity index (χ0) is 41.5. The van der Waals surface area contributed by atoms with Gasteiger partial charge < -0.3 is 38.5 Å². The minimum atomic E-state index is -1.43. The van der Waals surface area contributed by atoms with Crippen LogP contribution in [0.5, 0.6) is 0 Å². The van der Waals surface area contributed by atoms with Crippen LogP contribution in [0, 0.1) is 5.41 Å². The maximum Gasteiger partial charge on any atom is 0.310 e. The monoisotopic (exact) mass is 780 g/mol. The van der Waals surface area contributed by atoms with E-state index in [4.69, 9.17) is 18.9 Å². The first kappa shape index (κ1) is 43.7. The molecule has 0 aromatic heterocycles. The van der Waals surface area contributed by atoms with E-state index in [-0.39, 0.29) is 52.1 Å². The van der Waals surface area contributed by atoms with E-state index in [1.807, 2.05) is 173 Å². The fourth-order valence-electron chi connectivity index (χ4n) is 5.70. The van der Waals surface area contributed by atoms with Crippen molar-refractivity contribution >= 4 is 46.6 Å². The van der Waals surface area contributed by atoms with Gasteiger partial charge >= 0.3 is 23.9 Å². The smallest absolute Gasteiger partial charge is 0.310 e. The highest BCUT2D eigenvalue weighted by Gasteiger charge is 2.38. The third-order valence-corrected chi connectivity index (χ3v) is 9.36. The van der Waals surface area contributed by atoms with Crippen LogP contribution in [0.15, 0.2) is 97.1 Å². The molecule has 0 amide bonds. The summed E-state index contributed by atoms with van der Waals surface area (Å²) in [6.45, 7) is -1.44. The molecule has 0 unspecified atom stereocenters. The fraction of sp³-hybridized carbons (Fsp3) is 0.378. The number of benzene rings is 4. The Bertz CT molecular complexity index is 1620. The predicted octanol–water partition coefficient (Wildman–Crippen LogP) is 5.38. The van der Waals surface area contributed by atoms with Crippen molar-refractivity contribution in [3.8, 4) is 0 Å². The number of rotatable bonds is 20. The van der Waals surface area contributed by atoms with Gasteiger partial charge in [0.1, 0.15) is 31.8 Å². The first-order chi connectivity index (χ1) is 27.1. The van der Waals surface area contributed by atoms with Gasteiger partial charge in [0.05, 0.1) is 25.7 Å². The Morgan fingerprint density at radius 3 is 0.684 bits per heavy atom. The molecule has 0 fully saturated rings. The summed E-state index contributed by atoms with van der Waals surface area (Å²) in [7, 11) is 15.4. The maximum absolute atomic E-state index is 13.3. The van der Waals surface area contributed by atoms with Crippen molar-refractivity contribution in [1.82, 2.24) is 0 Å². The van der Waals surface area contributed by atoms with Gasteiger partial charge in [0.2, 0.25) is 0 Å². The lowest BCUT2D eigenvalue weighted by Crippen LogP contribution is -2.44. The standard InChI is InChI=1S/C45H56N4O8/c1-46(2)37-17-9-33(10-18-37)25-41(50)54-29-45(30-55-42(51)26-34-11-19-38(20-12-34)47(3)4,31-56-43(52)27-35-13-21-39(22-14-35)48(5)6)32-57-44(53)28-36-15-23-40(24-16-36)49(7)8/h9-24H,25-32H2,1-8H3. The lowest BCUT2D eigenvalue weighted by molar-refractivity contribution is -0.169. The molecule has 4 aromatic carbocycles. The molecular weight excluding hydrogens is 725 g/mol. The van der Waals surface area contributed by atoms with E-state index in [0.29, 0.717) is 0 Å². The highest BCUT2D eigenvalue weighted by atomic mass is 16.6. The van der Waals surface area contributed by atoms with Gasteiger partial charge in [-0.1, -0.05) is 48.5 Å². The number of hydrogen-bond donors (Lipinski definition) is 0. The first-order valence-corrected chi connectivity index (χ1v) is 18.8. The molecule has 0 saturated heterocycles. The molecule has 304 valence electrons. The van der Waals surface area contributed by atoms with Crippen LogP contribution in [0.3, 0.4) is 0 Å². The molecule has 0 heterocycles.